The van der Waals surface area contributed by atoms with Crippen molar-refractivity contribution in [3.8, 4) is 0 Å². The molecular formula is C25H32O4. The molecule has 0 fully saturated rings. The van der Waals surface area contributed by atoms with Gasteiger partial charge in [0.1, 0.15) is 11.7 Å². The maximum Gasteiger partial charge on any atom is 0.338 e. The topological polar surface area (TPSA) is 52.6 Å². The summed E-state index contributed by atoms with van der Waals surface area (Å²) in [5.41, 5.74) is 0.0321. The third-order valence-corrected chi connectivity index (χ3v) is 5.42. The Bertz CT molecular complexity index is 798. The number of benzene rings is 2. The van der Waals surface area contributed by atoms with Gasteiger partial charge in [-0.1, -0.05) is 57.2 Å². The number of hydrogen-bond acceptors (Lipinski definition) is 4. The molecule has 2 aromatic rings. The Hall–Kier alpha value is -2.62. The number of carbonyl (C=O) groups is 2. The van der Waals surface area contributed by atoms with Gasteiger partial charge in [0, 0.05) is 5.41 Å². The molecule has 0 radical (unpaired) electrons. The standard InChI is InChI=1S/C25H32O4/c1-6-21(28-22(26)19-14-10-8-11-15-19)25(5,7-2)18-24(3,4)29-23(27)20-16-12-9-13-17-20/h8-17,21H,6-7,18H2,1-5H3. The molecule has 4 nitrogen and oxygen atoms in total. The van der Waals surface area contributed by atoms with Crippen LogP contribution in [0.4, 0.5) is 0 Å². The number of hydrogen-bond donors (Lipinski definition) is 0. The predicted molar refractivity (Wildman–Crippen MR) is 115 cm³/mol. The lowest BCUT2D eigenvalue weighted by molar-refractivity contribution is -0.0654. The fourth-order valence-electron chi connectivity index (χ4n) is 3.85. The van der Waals surface area contributed by atoms with E-state index in [4.69, 9.17) is 9.47 Å². The van der Waals surface area contributed by atoms with Crippen molar-refractivity contribution in [3.05, 3.63) is 71.8 Å². The Kier molecular flexibility index (Phi) is 7.60. The zero-order valence-corrected chi connectivity index (χ0v) is 18.1. The zero-order chi connectivity index (χ0) is 21.5. The second-order valence-electron chi connectivity index (χ2n) is 8.37. The molecule has 0 aromatic heterocycles. The van der Waals surface area contributed by atoms with Crippen LogP contribution in [0.5, 0.6) is 0 Å². The molecule has 0 saturated carbocycles. The molecule has 2 rings (SSSR count). The molecule has 29 heavy (non-hydrogen) atoms. The maximum absolute atomic E-state index is 12.6. The summed E-state index contributed by atoms with van der Waals surface area (Å²) in [6, 6.07) is 18.0. The molecule has 0 saturated heterocycles. The predicted octanol–water partition coefficient (Wildman–Crippen LogP) is 6.06. The van der Waals surface area contributed by atoms with Gasteiger partial charge >= 0.3 is 11.9 Å². The smallest absolute Gasteiger partial charge is 0.338 e. The van der Waals surface area contributed by atoms with E-state index < -0.39 is 5.60 Å². The highest BCUT2D eigenvalue weighted by molar-refractivity contribution is 5.90. The molecule has 0 bridgehead atoms. The lowest BCUT2D eigenvalue weighted by atomic mass is 9.72. The monoisotopic (exact) mass is 396 g/mol. The van der Waals surface area contributed by atoms with Crippen molar-refractivity contribution in [2.45, 2.75) is 65.6 Å². The van der Waals surface area contributed by atoms with Gasteiger partial charge in [-0.25, -0.2) is 9.59 Å². The zero-order valence-electron chi connectivity index (χ0n) is 18.1. The van der Waals surface area contributed by atoms with Crippen LogP contribution in [0.25, 0.3) is 0 Å². The molecule has 2 unspecified atom stereocenters. The van der Waals surface area contributed by atoms with E-state index in [0.717, 1.165) is 6.42 Å². The summed E-state index contributed by atoms with van der Waals surface area (Å²) >= 11 is 0. The van der Waals surface area contributed by atoms with Crippen LogP contribution in [0.1, 0.15) is 74.6 Å². The summed E-state index contributed by atoms with van der Waals surface area (Å²) in [5.74, 6) is -0.667. The van der Waals surface area contributed by atoms with E-state index in [1.807, 2.05) is 57.2 Å². The minimum absolute atomic E-state index is 0.282. The van der Waals surface area contributed by atoms with Crippen molar-refractivity contribution in [1.82, 2.24) is 0 Å². The first-order chi connectivity index (χ1) is 13.7. The van der Waals surface area contributed by atoms with E-state index in [-0.39, 0.29) is 23.5 Å². The van der Waals surface area contributed by atoms with Gasteiger partial charge in [0.05, 0.1) is 11.1 Å². The van der Waals surface area contributed by atoms with Crippen LogP contribution in [0, 0.1) is 5.41 Å². The Morgan fingerprint density at radius 2 is 1.31 bits per heavy atom. The van der Waals surface area contributed by atoms with Gasteiger partial charge in [0.15, 0.2) is 0 Å². The molecule has 0 aliphatic heterocycles. The van der Waals surface area contributed by atoms with E-state index in [9.17, 15) is 9.59 Å². The molecule has 4 heteroatoms. The first kappa shape index (κ1) is 22.7. The number of carbonyl (C=O) groups excluding carboxylic acids is 2. The van der Waals surface area contributed by atoms with Crippen LogP contribution >= 0.6 is 0 Å². The summed E-state index contributed by atoms with van der Waals surface area (Å²) in [4.78, 5) is 25.1. The van der Waals surface area contributed by atoms with Gasteiger partial charge in [-0.05, 0) is 57.4 Å². The van der Waals surface area contributed by atoms with Crippen LogP contribution in [0.3, 0.4) is 0 Å². The van der Waals surface area contributed by atoms with Crippen LogP contribution < -0.4 is 0 Å². The summed E-state index contributed by atoms with van der Waals surface area (Å²) < 4.78 is 11.7. The van der Waals surface area contributed by atoms with Crippen molar-refractivity contribution < 1.29 is 19.1 Å². The quantitative estimate of drug-likeness (QED) is 0.483. The molecule has 0 spiro atoms. The molecule has 0 N–H and O–H groups in total. The lowest BCUT2D eigenvalue weighted by Crippen LogP contribution is -2.43. The highest BCUT2D eigenvalue weighted by Gasteiger charge is 2.41. The summed E-state index contributed by atoms with van der Waals surface area (Å²) in [6.45, 7) is 10.0. The van der Waals surface area contributed by atoms with Crippen molar-refractivity contribution in [1.29, 1.82) is 0 Å². The highest BCUT2D eigenvalue weighted by atomic mass is 16.6. The molecular weight excluding hydrogens is 364 g/mol. The molecule has 0 heterocycles. The van der Waals surface area contributed by atoms with Gasteiger partial charge < -0.3 is 9.47 Å². The summed E-state index contributed by atoms with van der Waals surface area (Å²) in [5, 5.41) is 0. The average Bonchev–Trinajstić information content (AvgIpc) is 2.72. The minimum atomic E-state index is -0.704. The van der Waals surface area contributed by atoms with E-state index in [2.05, 4.69) is 13.8 Å². The fourth-order valence-corrected chi connectivity index (χ4v) is 3.85. The molecule has 0 aliphatic carbocycles. The maximum atomic E-state index is 12.6. The van der Waals surface area contributed by atoms with Crippen LogP contribution in [0.15, 0.2) is 60.7 Å². The van der Waals surface area contributed by atoms with E-state index in [1.54, 1.807) is 24.3 Å². The first-order valence-corrected chi connectivity index (χ1v) is 10.2. The lowest BCUT2D eigenvalue weighted by Gasteiger charge is -2.41. The van der Waals surface area contributed by atoms with Gasteiger partial charge in [0.2, 0.25) is 0 Å². The van der Waals surface area contributed by atoms with Gasteiger partial charge in [-0.3, -0.25) is 0 Å². The molecule has 0 aliphatic rings. The number of rotatable bonds is 9. The molecule has 2 atom stereocenters. The minimum Gasteiger partial charge on any atom is -0.458 e. The average molecular weight is 397 g/mol. The number of ether oxygens (including phenoxy) is 2. The number of esters is 2. The van der Waals surface area contributed by atoms with Crippen molar-refractivity contribution >= 4 is 11.9 Å². The van der Waals surface area contributed by atoms with E-state index in [0.29, 0.717) is 24.0 Å². The second kappa shape index (κ2) is 9.73. The SMILES string of the molecule is CCC(OC(=O)c1ccccc1)C(C)(CC)CC(C)(C)OC(=O)c1ccccc1. The van der Waals surface area contributed by atoms with E-state index >= 15 is 0 Å². The first-order valence-electron chi connectivity index (χ1n) is 10.2. The third-order valence-electron chi connectivity index (χ3n) is 5.42. The second-order valence-corrected chi connectivity index (χ2v) is 8.37. The fraction of sp³-hybridized carbons (Fsp3) is 0.440. The third kappa shape index (κ3) is 6.18. The van der Waals surface area contributed by atoms with Crippen molar-refractivity contribution in [2.24, 2.45) is 5.41 Å². The van der Waals surface area contributed by atoms with Gasteiger partial charge in [0.25, 0.3) is 0 Å². The Labute approximate surface area is 174 Å². The van der Waals surface area contributed by atoms with Crippen LogP contribution in [-0.2, 0) is 9.47 Å². The van der Waals surface area contributed by atoms with Gasteiger partial charge in [-0.15, -0.1) is 0 Å². The Morgan fingerprint density at radius 3 is 1.76 bits per heavy atom. The molecule has 0 amide bonds. The molecule has 2 aromatic carbocycles. The highest BCUT2D eigenvalue weighted by Crippen LogP contribution is 2.40. The Morgan fingerprint density at radius 1 is 0.828 bits per heavy atom. The Balaban J connectivity index is 2.12. The van der Waals surface area contributed by atoms with E-state index in [1.165, 1.54) is 0 Å². The van der Waals surface area contributed by atoms with Crippen molar-refractivity contribution in [2.75, 3.05) is 0 Å². The summed E-state index contributed by atoms with van der Waals surface area (Å²) in [7, 11) is 0. The van der Waals surface area contributed by atoms with Crippen LogP contribution in [0.2, 0.25) is 0 Å². The van der Waals surface area contributed by atoms with Crippen molar-refractivity contribution in [3.63, 3.8) is 0 Å². The van der Waals surface area contributed by atoms with Gasteiger partial charge in [-0.2, -0.15) is 0 Å². The van der Waals surface area contributed by atoms with Crippen LogP contribution in [-0.4, -0.2) is 23.6 Å². The molecule has 156 valence electrons. The normalized spacial score (nSPS) is 14.5. The largest absolute Gasteiger partial charge is 0.458 e. The summed E-state index contributed by atoms with van der Waals surface area (Å²) in [6.07, 6.45) is 1.77.